The largest absolute Gasteiger partial charge is 0.456 e. The highest BCUT2D eigenvalue weighted by molar-refractivity contribution is 5.78. The van der Waals surface area contributed by atoms with E-state index in [4.69, 9.17) is 4.42 Å². The molecule has 0 aliphatic carbocycles. The maximum absolute atomic E-state index is 13.6. The minimum absolute atomic E-state index is 0.0358. The molecule has 1 unspecified atom stereocenters. The van der Waals surface area contributed by atoms with Crippen molar-refractivity contribution in [2.24, 2.45) is 0 Å². The Morgan fingerprint density at radius 3 is 3.10 bits per heavy atom. The standard InChI is InChI=1S/C15H16FN3O/c1-10(17-6-5-11-8-18-19-9-11)14-7-12-3-2-4-13(16)15(12)20-14/h2-4,7-10,17H,5-6H2,1H3,(H,18,19). The first-order chi connectivity index (χ1) is 9.74. The maximum atomic E-state index is 13.6. The molecule has 1 atom stereocenters. The Morgan fingerprint density at radius 1 is 1.45 bits per heavy atom. The number of rotatable bonds is 5. The molecule has 2 heterocycles. The van der Waals surface area contributed by atoms with Crippen LogP contribution in [0.4, 0.5) is 4.39 Å². The first-order valence-electron chi connectivity index (χ1n) is 6.63. The summed E-state index contributed by atoms with van der Waals surface area (Å²) in [5, 5.41) is 10.8. The molecule has 2 aromatic heterocycles. The summed E-state index contributed by atoms with van der Waals surface area (Å²) >= 11 is 0. The molecule has 20 heavy (non-hydrogen) atoms. The van der Waals surface area contributed by atoms with Crippen LogP contribution in [0.25, 0.3) is 11.0 Å². The van der Waals surface area contributed by atoms with Crippen molar-refractivity contribution < 1.29 is 8.81 Å². The summed E-state index contributed by atoms with van der Waals surface area (Å²) in [6, 6.07) is 6.87. The minimum atomic E-state index is -0.320. The Balaban J connectivity index is 1.66. The van der Waals surface area contributed by atoms with Crippen molar-refractivity contribution in [3.63, 3.8) is 0 Å². The first kappa shape index (κ1) is 12.9. The molecule has 0 radical (unpaired) electrons. The third-order valence-corrected chi connectivity index (χ3v) is 3.36. The van der Waals surface area contributed by atoms with Gasteiger partial charge in [-0.3, -0.25) is 5.10 Å². The molecule has 0 saturated heterocycles. The van der Waals surface area contributed by atoms with Crippen LogP contribution in [0.15, 0.2) is 41.1 Å². The third kappa shape index (κ3) is 2.58. The van der Waals surface area contributed by atoms with Crippen LogP contribution in [0.3, 0.4) is 0 Å². The molecule has 1 aromatic carbocycles. The van der Waals surface area contributed by atoms with Gasteiger partial charge in [0.2, 0.25) is 0 Å². The Morgan fingerprint density at radius 2 is 2.35 bits per heavy atom. The fraction of sp³-hybridized carbons (Fsp3) is 0.267. The van der Waals surface area contributed by atoms with E-state index in [0.29, 0.717) is 5.58 Å². The molecule has 3 rings (SSSR count). The molecule has 4 nitrogen and oxygen atoms in total. The van der Waals surface area contributed by atoms with Gasteiger partial charge in [-0.15, -0.1) is 0 Å². The van der Waals surface area contributed by atoms with Gasteiger partial charge in [-0.25, -0.2) is 4.39 Å². The fourth-order valence-corrected chi connectivity index (χ4v) is 2.21. The van der Waals surface area contributed by atoms with Crippen molar-refractivity contribution in [3.8, 4) is 0 Å². The Hall–Kier alpha value is -2.14. The summed E-state index contributed by atoms with van der Waals surface area (Å²) in [6.07, 6.45) is 4.57. The predicted octanol–water partition coefficient (Wildman–Crippen LogP) is 3.19. The van der Waals surface area contributed by atoms with Crippen LogP contribution in [-0.4, -0.2) is 16.7 Å². The van der Waals surface area contributed by atoms with Gasteiger partial charge in [0.25, 0.3) is 0 Å². The number of furan rings is 1. The van der Waals surface area contributed by atoms with E-state index in [-0.39, 0.29) is 11.9 Å². The van der Waals surface area contributed by atoms with Crippen molar-refractivity contribution in [2.45, 2.75) is 19.4 Å². The number of aromatic amines is 1. The molecule has 0 amide bonds. The first-order valence-corrected chi connectivity index (χ1v) is 6.63. The summed E-state index contributed by atoms with van der Waals surface area (Å²) in [5.74, 6) is 0.427. The van der Waals surface area contributed by atoms with Crippen LogP contribution in [0.1, 0.15) is 24.3 Å². The van der Waals surface area contributed by atoms with E-state index >= 15 is 0 Å². The molecule has 5 heteroatoms. The summed E-state index contributed by atoms with van der Waals surface area (Å²) in [6.45, 7) is 2.81. The highest BCUT2D eigenvalue weighted by atomic mass is 19.1. The predicted molar refractivity (Wildman–Crippen MR) is 74.9 cm³/mol. The number of fused-ring (bicyclic) bond motifs is 1. The number of hydrogen-bond acceptors (Lipinski definition) is 3. The van der Waals surface area contributed by atoms with E-state index in [9.17, 15) is 4.39 Å². The smallest absolute Gasteiger partial charge is 0.169 e. The maximum Gasteiger partial charge on any atom is 0.169 e. The fourth-order valence-electron chi connectivity index (χ4n) is 2.21. The van der Waals surface area contributed by atoms with Gasteiger partial charge in [0.1, 0.15) is 5.76 Å². The van der Waals surface area contributed by atoms with Crippen LogP contribution in [0, 0.1) is 5.82 Å². The molecular formula is C15H16FN3O. The van der Waals surface area contributed by atoms with Crippen molar-refractivity contribution >= 4 is 11.0 Å². The average Bonchev–Trinajstić information content (AvgIpc) is 3.07. The van der Waals surface area contributed by atoms with Crippen molar-refractivity contribution in [2.75, 3.05) is 6.54 Å². The van der Waals surface area contributed by atoms with E-state index in [2.05, 4.69) is 15.5 Å². The van der Waals surface area contributed by atoms with Crippen molar-refractivity contribution in [3.05, 3.63) is 53.8 Å². The van der Waals surface area contributed by atoms with Gasteiger partial charge >= 0.3 is 0 Å². The zero-order valence-corrected chi connectivity index (χ0v) is 11.2. The van der Waals surface area contributed by atoms with Gasteiger partial charge in [0.15, 0.2) is 11.4 Å². The van der Waals surface area contributed by atoms with Crippen LogP contribution in [-0.2, 0) is 6.42 Å². The molecular weight excluding hydrogens is 257 g/mol. The average molecular weight is 273 g/mol. The molecule has 0 aliphatic rings. The topological polar surface area (TPSA) is 53.9 Å². The minimum Gasteiger partial charge on any atom is -0.456 e. The number of para-hydroxylation sites is 1. The van der Waals surface area contributed by atoms with E-state index in [1.807, 2.05) is 31.5 Å². The number of nitrogens with one attached hydrogen (secondary N) is 2. The normalized spacial score (nSPS) is 12.9. The Bertz CT molecular complexity index is 690. The zero-order chi connectivity index (χ0) is 13.9. The highest BCUT2D eigenvalue weighted by Crippen LogP contribution is 2.25. The third-order valence-electron chi connectivity index (χ3n) is 3.36. The van der Waals surface area contributed by atoms with Gasteiger partial charge in [0.05, 0.1) is 12.2 Å². The van der Waals surface area contributed by atoms with Crippen LogP contribution >= 0.6 is 0 Å². The summed E-state index contributed by atoms with van der Waals surface area (Å²) in [5.41, 5.74) is 1.48. The van der Waals surface area contributed by atoms with E-state index in [0.717, 1.165) is 29.7 Å². The number of nitrogens with zero attached hydrogens (tertiary/aromatic N) is 1. The number of hydrogen-bond donors (Lipinski definition) is 2. The Kier molecular flexibility index (Phi) is 3.52. The Labute approximate surface area is 116 Å². The van der Waals surface area contributed by atoms with Crippen molar-refractivity contribution in [1.82, 2.24) is 15.5 Å². The molecule has 0 fully saturated rings. The van der Waals surface area contributed by atoms with Gasteiger partial charge < -0.3 is 9.73 Å². The molecule has 0 bridgehead atoms. The molecule has 0 spiro atoms. The van der Waals surface area contributed by atoms with Gasteiger partial charge in [-0.1, -0.05) is 12.1 Å². The lowest BCUT2D eigenvalue weighted by molar-refractivity contribution is 0.444. The van der Waals surface area contributed by atoms with Crippen LogP contribution in [0.5, 0.6) is 0 Å². The SMILES string of the molecule is CC(NCCc1cn[nH]c1)c1cc2cccc(F)c2o1. The zero-order valence-electron chi connectivity index (χ0n) is 11.2. The number of benzene rings is 1. The molecule has 0 saturated carbocycles. The summed E-state index contributed by atoms with van der Waals surface area (Å²) < 4.78 is 19.2. The lowest BCUT2D eigenvalue weighted by atomic mass is 10.2. The second kappa shape index (κ2) is 5.46. The monoisotopic (exact) mass is 273 g/mol. The molecule has 0 aliphatic heterocycles. The number of aromatic nitrogens is 2. The van der Waals surface area contributed by atoms with E-state index in [1.165, 1.54) is 6.07 Å². The molecule has 104 valence electrons. The number of H-pyrrole nitrogens is 1. The van der Waals surface area contributed by atoms with Gasteiger partial charge in [0, 0.05) is 11.6 Å². The summed E-state index contributed by atoms with van der Waals surface area (Å²) in [7, 11) is 0. The van der Waals surface area contributed by atoms with Crippen LogP contribution < -0.4 is 5.32 Å². The molecule has 3 aromatic rings. The van der Waals surface area contributed by atoms with E-state index in [1.54, 1.807) is 6.07 Å². The van der Waals surface area contributed by atoms with Gasteiger partial charge in [-0.2, -0.15) is 5.10 Å². The van der Waals surface area contributed by atoms with Crippen LogP contribution in [0.2, 0.25) is 0 Å². The lowest BCUT2D eigenvalue weighted by Gasteiger charge is -2.10. The molecule has 2 N–H and O–H groups in total. The van der Waals surface area contributed by atoms with Crippen molar-refractivity contribution in [1.29, 1.82) is 0 Å². The quantitative estimate of drug-likeness (QED) is 0.750. The van der Waals surface area contributed by atoms with Gasteiger partial charge in [-0.05, 0) is 37.6 Å². The number of halogens is 1. The second-order valence-electron chi connectivity index (χ2n) is 4.84. The highest BCUT2D eigenvalue weighted by Gasteiger charge is 2.13. The lowest BCUT2D eigenvalue weighted by Crippen LogP contribution is -2.20. The van der Waals surface area contributed by atoms with E-state index < -0.39 is 0 Å². The summed E-state index contributed by atoms with van der Waals surface area (Å²) in [4.78, 5) is 0. The second-order valence-corrected chi connectivity index (χ2v) is 4.84.